The van der Waals surface area contributed by atoms with Gasteiger partial charge >= 0.3 is 5.97 Å². The number of carbonyl (C=O) groups is 1. The van der Waals surface area contributed by atoms with Gasteiger partial charge in [-0.2, -0.15) is 0 Å². The highest BCUT2D eigenvalue weighted by molar-refractivity contribution is 9.10. The number of rotatable bonds is 4. The van der Waals surface area contributed by atoms with Gasteiger partial charge in [-0.25, -0.2) is 0 Å². The quantitative estimate of drug-likeness (QED) is 0.629. The molecule has 0 fully saturated rings. The SMILES string of the molecule is COC(=O)CC#C[C@H](C)[C@@H](OC)c1ccccc1Br. The minimum Gasteiger partial charge on any atom is -0.468 e. The maximum absolute atomic E-state index is 11.0. The van der Waals surface area contributed by atoms with Crippen LogP contribution in [0.2, 0.25) is 0 Å². The molecule has 0 bridgehead atoms. The Balaban J connectivity index is 2.80. The second kappa shape index (κ2) is 7.98. The predicted octanol–water partition coefficient (Wildman–Crippen LogP) is 3.34. The molecule has 1 aromatic rings. The lowest BCUT2D eigenvalue weighted by Crippen LogP contribution is -2.11. The van der Waals surface area contributed by atoms with Gasteiger partial charge in [-0.3, -0.25) is 4.79 Å². The summed E-state index contributed by atoms with van der Waals surface area (Å²) in [5.41, 5.74) is 1.05. The number of ether oxygens (including phenoxy) is 2. The molecule has 0 radical (unpaired) electrons. The first-order valence-corrected chi connectivity index (χ1v) is 6.71. The van der Waals surface area contributed by atoms with Gasteiger partial charge in [-0.1, -0.05) is 46.0 Å². The highest BCUT2D eigenvalue weighted by Gasteiger charge is 2.19. The number of methoxy groups -OCH3 is 2. The van der Waals surface area contributed by atoms with Crippen molar-refractivity contribution < 1.29 is 14.3 Å². The molecule has 0 spiro atoms. The molecule has 102 valence electrons. The molecule has 0 N–H and O–H groups in total. The summed E-state index contributed by atoms with van der Waals surface area (Å²) in [6, 6.07) is 7.88. The van der Waals surface area contributed by atoms with E-state index in [2.05, 4.69) is 32.5 Å². The van der Waals surface area contributed by atoms with E-state index in [-0.39, 0.29) is 24.4 Å². The molecule has 2 atom stereocenters. The van der Waals surface area contributed by atoms with Gasteiger partial charge in [0.25, 0.3) is 0 Å². The first-order valence-electron chi connectivity index (χ1n) is 5.92. The number of halogens is 1. The third-order valence-corrected chi connectivity index (χ3v) is 3.43. The first-order chi connectivity index (χ1) is 9.10. The van der Waals surface area contributed by atoms with Crippen molar-refractivity contribution in [2.45, 2.75) is 19.4 Å². The molecule has 0 saturated carbocycles. The topological polar surface area (TPSA) is 35.5 Å². The zero-order valence-corrected chi connectivity index (χ0v) is 12.9. The van der Waals surface area contributed by atoms with Gasteiger partial charge in [0.1, 0.15) is 6.42 Å². The van der Waals surface area contributed by atoms with Gasteiger partial charge in [0.05, 0.1) is 13.2 Å². The Morgan fingerprint density at radius 1 is 1.37 bits per heavy atom. The Labute approximate surface area is 122 Å². The normalized spacial score (nSPS) is 13.1. The summed E-state index contributed by atoms with van der Waals surface area (Å²) in [6.07, 6.45) is -0.0338. The van der Waals surface area contributed by atoms with Crippen LogP contribution in [-0.2, 0) is 14.3 Å². The lowest BCUT2D eigenvalue weighted by atomic mass is 9.97. The predicted molar refractivity (Wildman–Crippen MR) is 77.5 cm³/mol. The van der Waals surface area contributed by atoms with Gasteiger partial charge in [0.15, 0.2) is 0 Å². The van der Waals surface area contributed by atoms with Crippen LogP contribution in [-0.4, -0.2) is 20.2 Å². The second-order valence-corrected chi connectivity index (χ2v) is 4.89. The smallest absolute Gasteiger partial charge is 0.317 e. The van der Waals surface area contributed by atoms with Crippen molar-refractivity contribution in [3.63, 3.8) is 0 Å². The maximum atomic E-state index is 11.0. The molecule has 0 unspecified atom stereocenters. The van der Waals surface area contributed by atoms with Crippen LogP contribution in [0.15, 0.2) is 28.7 Å². The van der Waals surface area contributed by atoms with Crippen molar-refractivity contribution in [2.75, 3.05) is 14.2 Å². The summed E-state index contributed by atoms with van der Waals surface area (Å²) < 4.78 is 11.0. The largest absolute Gasteiger partial charge is 0.468 e. The van der Waals surface area contributed by atoms with Crippen molar-refractivity contribution in [3.05, 3.63) is 34.3 Å². The fraction of sp³-hybridized carbons (Fsp3) is 0.400. The van der Waals surface area contributed by atoms with E-state index in [9.17, 15) is 4.79 Å². The van der Waals surface area contributed by atoms with E-state index in [0.29, 0.717) is 0 Å². The van der Waals surface area contributed by atoms with E-state index in [1.807, 2.05) is 31.2 Å². The highest BCUT2D eigenvalue weighted by Crippen LogP contribution is 2.30. The lowest BCUT2D eigenvalue weighted by Gasteiger charge is -2.20. The number of carbonyl (C=O) groups excluding carboxylic acids is 1. The molecule has 0 saturated heterocycles. The molecule has 0 aliphatic carbocycles. The molecule has 0 aliphatic rings. The summed E-state index contributed by atoms with van der Waals surface area (Å²) in [6.45, 7) is 1.97. The lowest BCUT2D eigenvalue weighted by molar-refractivity contribution is -0.139. The third-order valence-electron chi connectivity index (χ3n) is 2.71. The zero-order chi connectivity index (χ0) is 14.3. The molecule has 1 rings (SSSR count). The van der Waals surface area contributed by atoms with Crippen molar-refractivity contribution in [1.29, 1.82) is 0 Å². The number of hydrogen-bond acceptors (Lipinski definition) is 3. The van der Waals surface area contributed by atoms with E-state index < -0.39 is 0 Å². The molecule has 1 aromatic carbocycles. The summed E-state index contributed by atoms with van der Waals surface area (Å²) in [4.78, 5) is 11.0. The van der Waals surface area contributed by atoms with Crippen LogP contribution >= 0.6 is 15.9 Å². The van der Waals surface area contributed by atoms with E-state index in [1.165, 1.54) is 7.11 Å². The fourth-order valence-corrected chi connectivity index (χ4v) is 2.25. The van der Waals surface area contributed by atoms with Crippen LogP contribution in [0.1, 0.15) is 25.0 Å². The fourth-order valence-electron chi connectivity index (χ4n) is 1.74. The van der Waals surface area contributed by atoms with E-state index in [1.54, 1.807) is 7.11 Å². The maximum Gasteiger partial charge on any atom is 0.317 e. The molecule has 4 heteroatoms. The van der Waals surface area contributed by atoms with Gasteiger partial charge < -0.3 is 9.47 Å². The van der Waals surface area contributed by atoms with E-state index in [0.717, 1.165) is 10.0 Å². The van der Waals surface area contributed by atoms with Crippen LogP contribution in [0, 0.1) is 17.8 Å². The van der Waals surface area contributed by atoms with Crippen molar-refractivity contribution in [2.24, 2.45) is 5.92 Å². The van der Waals surface area contributed by atoms with E-state index in [4.69, 9.17) is 4.74 Å². The van der Waals surface area contributed by atoms with Crippen LogP contribution in [0.4, 0.5) is 0 Å². The summed E-state index contributed by atoms with van der Waals surface area (Å²) in [5.74, 6) is 5.50. The molecular formula is C15H17BrO3. The minimum absolute atomic E-state index is 0.0200. The zero-order valence-electron chi connectivity index (χ0n) is 11.3. The van der Waals surface area contributed by atoms with Crippen LogP contribution in [0.3, 0.4) is 0 Å². The minimum atomic E-state index is -0.324. The molecular weight excluding hydrogens is 308 g/mol. The third kappa shape index (κ3) is 4.70. The summed E-state index contributed by atoms with van der Waals surface area (Å²) in [5, 5.41) is 0. The molecule has 19 heavy (non-hydrogen) atoms. The van der Waals surface area contributed by atoms with Crippen LogP contribution in [0.5, 0.6) is 0 Å². The first kappa shape index (κ1) is 15.7. The second-order valence-electron chi connectivity index (χ2n) is 4.04. The Kier molecular flexibility index (Phi) is 6.61. The number of hydrogen-bond donors (Lipinski definition) is 0. The van der Waals surface area contributed by atoms with Crippen molar-refractivity contribution in [1.82, 2.24) is 0 Å². The van der Waals surface area contributed by atoms with Gasteiger partial charge in [-0.15, -0.1) is 0 Å². The Bertz CT molecular complexity index is 488. The van der Waals surface area contributed by atoms with Crippen LogP contribution in [0.25, 0.3) is 0 Å². The van der Waals surface area contributed by atoms with Gasteiger partial charge in [0.2, 0.25) is 0 Å². The highest BCUT2D eigenvalue weighted by atomic mass is 79.9. The van der Waals surface area contributed by atoms with Crippen molar-refractivity contribution in [3.8, 4) is 11.8 Å². The van der Waals surface area contributed by atoms with Crippen molar-refractivity contribution >= 4 is 21.9 Å². The monoisotopic (exact) mass is 324 g/mol. The van der Waals surface area contributed by atoms with Gasteiger partial charge in [0, 0.05) is 17.5 Å². The average Bonchev–Trinajstić information content (AvgIpc) is 2.41. The molecule has 0 aromatic heterocycles. The average molecular weight is 325 g/mol. The molecule has 0 heterocycles. The van der Waals surface area contributed by atoms with Crippen LogP contribution < -0.4 is 0 Å². The van der Waals surface area contributed by atoms with Gasteiger partial charge in [-0.05, 0) is 18.6 Å². The Hall–Kier alpha value is -1.31. The van der Waals surface area contributed by atoms with E-state index >= 15 is 0 Å². The summed E-state index contributed by atoms with van der Waals surface area (Å²) in [7, 11) is 3.01. The molecule has 0 aliphatic heterocycles. The Morgan fingerprint density at radius 2 is 2.05 bits per heavy atom. The molecule has 3 nitrogen and oxygen atoms in total. The number of benzene rings is 1. The molecule has 0 amide bonds. The number of esters is 1. The Morgan fingerprint density at radius 3 is 2.63 bits per heavy atom. The standard InChI is InChI=1S/C15H17BrO3/c1-11(7-6-10-14(17)18-2)15(19-3)12-8-4-5-9-13(12)16/h4-5,8-9,11,15H,10H2,1-3H3/t11-,15+/m0/s1. The summed E-state index contributed by atoms with van der Waals surface area (Å²) >= 11 is 3.51.